The molecule has 1 atom stereocenters. The number of ether oxygens (including phenoxy) is 1. The van der Waals surface area contributed by atoms with Gasteiger partial charge in [0, 0.05) is 17.7 Å². The molecule has 0 aliphatic carbocycles. The normalized spacial score (nSPS) is 12.2. The molecule has 0 saturated carbocycles. The van der Waals surface area contributed by atoms with Gasteiger partial charge in [0.25, 0.3) is 0 Å². The Bertz CT molecular complexity index is 533. The first kappa shape index (κ1) is 14.4. The molecule has 0 spiro atoms. The maximum Gasteiger partial charge on any atom is 0.136 e. The van der Waals surface area contributed by atoms with Crippen molar-refractivity contribution in [2.24, 2.45) is 0 Å². The van der Waals surface area contributed by atoms with E-state index in [4.69, 9.17) is 4.74 Å². The Morgan fingerprint density at radius 2 is 1.89 bits per heavy atom. The van der Waals surface area contributed by atoms with Crippen molar-refractivity contribution < 1.29 is 9.13 Å². The molecule has 0 bridgehead atoms. The fourth-order valence-electron chi connectivity index (χ4n) is 1.76. The van der Waals surface area contributed by atoms with Gasteiger partial charge in [0.1, 0.15) is 11.6 Å². The molecule has 19 heavy (non-hydrogen) atoms. The molecule has 0 heterocycles. The van der Waals surface area contributed by atoms with Crippen LogP contribution in [0.3, 0.4) is 0 Å². The minimum Gasteiger partial charge on any atom is -0.492 e. The van der Waals surface area contributed by atoms with Gasteiger partial charge in [-0.15, -0.1) is 0 Å². The van der Waals surface area contributed by atoms with E-state index in [1.807, 2.05) is 30.3 Å². The van der Waals surface area contributed by atoms with Gasteiger partial charge in [0.15, 0.2) is 0 Å². The molecular formula is C15H14BrFOS. The number of benzene rings is 2. The van der Waals surface area contributed by atoms with Crippen LogP contribution in [-0.4, -0.2) is 12.4 Å². The van der Waals surface area contributed by atoms with Crippen LogP contribution < -0.4 is 4.74 Å². The summed E-state index contributed by atoms with van der Waals surface area (Å²) in [5.74, 6) is 1.07. The molecule has 100 valence electrons. The molecule has 0 saturated heterocycles. The summed E-state index contributed by atoms with van der Waals surface area (Å²) >= 11 is 7.70. The molecule has 4 heteroatoms. The van der Waals surface area contributed by atoms with E-state index in [9.17, 15) is 4.39 Å². The van der Waals surface area contributed by atoms with Crippen LogP contribution in [0.5, 0.6) is 5.75 Å². The lowest BCUT2D eigenvalue weighted by molar-refractivity contribution is 0.294. The molecule has 0 fully saturated rings. The summed E-state index contributed by atoms with van der Waals surface area (Å²) in [5.41, 5.74) is 1.17. The molecule has 0 aliphatic heterocycles. The monoisotopic (exact) mass is 340 g/mol. The van der Waals surface area contributed by atoms with Crippen LogP contribution in [0.2, 0.25) is 0 Å². The van der Waals surface area contributed by atoms with Crippen molar-refractivity contribution in [3.8, 4) is 5.75 Å². The highest BCUT2D eigenvalue weighted by Gasteiger charge is 2.11. The Hall–Kier alpha value is -1.00. The summed E-state index contributed by atoms with van der Waals surface area (Å²) in [6.07, 6.45) is 0. The zero-order chi connectivity index (χ0) is 13.7. The van der Waals surface area contributed by atoms with Crippen molar-refractivity contribution in [1.29, 1.82) is 0 Å². The van der Waals surface area contributed by atoms with Crippen LogP contribution in [0.4, 0.5) is 4.39 Å². The van der Waals surface area contributed by atoms with E-state index in [2.05, 4.69) is 28.6 Å². The van der Waals surface area contributed by atoms with Gasteiger partial charge in [-0.3, -0.25) is 0 Å². The first-order chi connectivity index (χ1) is 9.20. The highest BCUT2D eigenvalue weighted by Crippen LogP contribution is 2.27. The summed E-state index contributed by atoms with van der Waals surface area (Å²) < 4.78 is 19.6. The molecule has 2 aromatic carbocycles. The quantitative estimate of drug-likeness (QED) is 0.777. The Kier molecular flexibility index (Phi) is 5.28. The Balaban J connectivity index is 2.06. The first-order valence-electron chi connectivity index (χ1n) is 5.94. The maximum absolute atomic E-state index is 13.2. The van der Waals surface area contributed by atoms with E-state index < -0.39 is 0 Å². The predicted octanol–water partition coefficient (Wildman–Crippen LogP) is 4.68. The van der Waals surface area contributed by atoms with Crippen molar-refractivity contribution in [1.82, 2.24) is 0 Å². The van der Waals surface area contributed by atoms with E-state index in [1.54, 1.807) is 6.07 Å². The molecule has 0 radical (unpaired) electrons. The SMILES string of the molecule is Fc1ccc(Br)c(OCC(CS)c2ccccc2)c1. The molecule has 2 aromatic rings. The predicted molar refractivity (Wildman–Crippen MR) is 82.6 cm³/mol. The summed E-state index contributed by atoms with van der Waals surface area (Å²) in [7, 11) is 0. The Morgan fingerprint density at radius 3 is 2.58 bits per heavy atom. The van der Waals surface area contributed by atoms with E-state index in [0.717, 1.165) is 4.47 Å². The molecule has 0 N–H and O–H groups in total. The molecule has 1 unspecified atom stereocenters. The third-order valence-electron chi connectivity index (χ3n) is 2.82. The molecule has 0 aromatic heterocycles. The van der Waals surface area contributed by atoms with Gasteiger partial charge >= 0.3 is 0 Å². The third kappa shape index (κ3) is 3.98. The van der Waals surface area contributed by atoms with Crippen molar-refractivity contribution in [3.63, 3.8) is 0 Å². The summed E-state index contributed by atoms with van der Waals surface area (Å²) in [6.45, 7) is 0.468. The highest BCUT2D eigenvalue weighted by molar-refractivity contribution is 9.10. The zero-order valence-electron chi connectivity index (χ0n) is 10.2. The topological polar surface area (TPSA) is 9.23 Å². The van der Waals surface area contributed by atoms with Crippen LogP contribution in [0, 0.1) is 5.82 Å². The van der Waals surface area contributed by atoms with Crippen molar-refractivity contribution >= 4 is 28.6 Å². The molecule has 0 amide bonds. The second-order valence-corrected chi connectivity index (χ2v) is 5.40. The van der Waals surface area contributed by atoms with Crippen molar-refractivity contribution in [3.05, 3.63) is 64.4 Å². The van der Waals surface area contributed by atoms with E-state index in [-0.39, 0.29) is 11.7 Å². The lowest BCUT2D eigenvalue weighted by atomic mass is 10.0. The van der Waals surface area contributed by atoms with Crippen molar-refractivity contribution in [2.45, 2.75) is 5.92 Å². The Labute approximate surface area is 126 Å². The van der Waals surface area contributed by atoms with Crippen LogP contribution in [-0.2, 0) is 0 Å². The van der Waals surface area contributed by atoms with Crippen LogP contribution >= 0.6 is 28.6 Å². The van der Waals surface area contributed by atoms with Gasteiger partial charge in [-0.25, -0.2) is 4.39 Å². The average molecular weight is 341 g/mol. The molecular weight excluding hydrogens is 327 g/mol. The highest BCUT2D eigenvalue weighted by atomic mass is 79.9. The van der Waals surface area contributed by atoms with E-state index >= 15 is 0 Å². The Morgan fingerprint density at radius 1 is 1.16 bits per heavy atom. The lowest BCUT2D eigenvalue weighted by Gasteiger charge is -2.16. The average Bonchev–Trinajstić information content (AvgIpc) is 2.44. The van der Waals surface area contributed by atoms with Gasteiger partial charge in [0.2, 0.25) is 0 Å². The van der Waals surface area contributed by atoms with Gasteiger partial charge in [-0.1, -0.05) is 30.3 Å². The summed E-state index contributed by atoms with van der Waals surface area (Å²) in [5, 5.41) is 0. The van der Waals surface area contributed by atoms with Crippen molar-refractivity contribution in [2.75, 3.05) is 12.4 Å². The number of hydrogen-bond acceptors (Lipinski definition) is 2. The second kappa shape index (κ2) is 6.96. The standard InChI is InChI=1S/C15H14BrFOS/c16-14-7-6-13(17)8-15(14)18-9-12(10-19)11-4-2-1-3-5-11/h1-8,12,19H,9-10H2. The number of hydrogen-bond donors (Lipinski definition) is 1. The van der Waals surface area contributed by atoms with Gasteiger partial charge in [-0.05, 0) is 33.6 Å². The van der Waals surface area contributed by atoms with Gasteiger partial charge < -0.3 is 4.74 Å². The van der Waals surface area contributed by atoms with E-state index in [1.165, 1.54) is 17.7 Å². The minimum absolute atomic E-state index is 0.180. The fourth-order valence-corrected chi connectivity index (χ4v) is 2.44. The number of halogens is 2. The van der Waals surface area contributed by atoms with E-state index in [0.29, 0.717) is 18.1 Å². The summed E-state index contributed by atoms with van der Waals surface area (Å²) in [4.78, 5) is 0. The first-order valence-corrected chi connectivity index (χ1v) is 7.37. The fraction of sp³-hybridized carbons (Fsp3) is 0.200. The van der Waals surface area contributed by atoms with Crippen LogP contribution in [0.1, 0.15) is 11.5 Å². The second-order valence-electron chi connectivity index (χ2n) is 4.18. The third-order valence-corrected chi connectivity index (χ3v) is 3.92. The molecule has 2 rings (SSSR count). The summed E-state index contributed by atoms with van der Waals surface area (Å²) in [6, 6.07) is 14.5. The lowest BCUT2D eigenvalue weighted by Crippen LogP contribution is -2.12. The van der Waals surface area contributed by atoms with Gasteiger partial charge in [-0.2, -0.15) is 12.6 Å². The van der Waals surface area contributed by atoms with Crippen LogP contribution in [0.25, 0.3) is 0 Å². The number of rotatable bonds is 5. The smallest absolute Gasteiger partial charge is 0.136 e. The maximum atomic E-state index is 13.2. The largest absolute Gasteiger partial charge is 0.492 e. The van der Waals surface area contributed by atoms with Gasteiger partial charge in [0.05, 0.1) is 11.1 Å². The molecule has 0 aliphatic rings. The zero-order valence-corrected chi connectivity index (χ0v) is 12.7. The molecule has 1 nitrogen and oxygen atoms in total. The minimum atomic E-state index is -0.305. The van der Waals surface area contributed by atoms with Crippen LogP contribution in [0.15, 0.2) is 53.0 Å². The number of thiol groups is 1.